The molecule has 4 heterocycles. The highest BCUT2D eigenvalue weighted by molar-refractivity contribution is 5.58. The number of alkyl halides is 3. The van der Waals surface area contributed by atoms with Crippen molar-refractivity contribution in [3.05, 3.63) is 69.9 Å². The first-order valence-corrected chi connectivity index (χ1v) is 18.1. The summed E-state index contributed by atoms with van der Waals surface area (Å²) in [7, 11) is 2.20. The molecule has 4 fully saturated rings. The summed E-state index contributed by atoms with van der Waals surface area (Å²) in [5.74, 6) is 0.751. The monoisotopic (exact) mass is 652 g/mol. The van der Waals surface area contributed by atoms with E-state index in [4.69, 9.17) is 0 Å². The average molecular weight is 653 g/mol. The summed E-state index contributed by atoms with van der Waals surface area (Å²) in [6.07, 6.45) is 14.2. The molecule has 1 aromatic carbocycles. The van der Waals surface area contributed by atoms with E-state index in [0.29, 0.717) is 35.8 Å². The molecule has 0 bridgehead atoms. The number of imidazole rings is 1. The van der Waals surface area contributed by atoms with E-state index in [1.807, 2.05) is 12.1 Å². The van der Waals surface area contributed by atoms with Gasteiger partial charge < -0.3 is 0 Å². The minimum Gasteiger partial charge on any atom is -0.296 e. The van der Waals surface area contributed by atoms with Crippen molar-refractivity contribution in [1.82, 2.24) is 29.2 Å². The van der Waals surface area contributed by atoms with Crippen molar-refractivity contribution in [2.75, 3.05) is 20.3 Å². The summed E-state index contributed by atoms with van der Waals surface area (Å²) in [6.45, 7) is 4.19. The summed E-state index contributed by atoms with van der Waals surface area (Å²) in [5.41, 5.74) is 4.71. The summed E-state index contributed by atoms with van der Waals surface area (Å²) in [4.78, 5) is 18.6. The van der Waals surface area contributed by atoms with Crippen molar-refractivity contribution < 1.29 is 13.2 Å². The van der Waals surface area contributed by atoms with Gasteiger partial charge in [0.15, 0.2) is 0 Å². The number of rotatable bonds is 7. The second-order valence-corrected chi connectivity index (χ2v) is 14.8. The molecule has 3 aromatic rings. The molecule has 1 unspecified atom stereocenters. The van der Waals surface area contributed by atoms with Gasteiger partial charge in [0, 0.05) is 36.9 Å². The Morgan fingerprint density at radius 2 is 1.66 bits per heavy atom. The first-order valence-electron chi connectivity index (χ1n) is 18.1. The maximum atomic E-state index is 14.5. The number of fused-ring (bicyclic) bond motifs is 1. The fourth-order valence-electron chi connectivity index (χ4n) is 8.84. The fraction of sp³-hybridized carbons (Fsp3) is 0.649. The van der Waals surface area contributed by atoms with E-state index in [1.54, 1.807) is 6.20 Å². The van der Waals surface area contributed by atoms with E-state index in [2.05, 4.69) is 46.3 Å². The number of piperidine rings is 1. The van der Waals surface area contributed by atoms with Gasteiger partial charge in [-0.1, -0.05) is 57.1 Å². The third kappa shape index (κ3) is 6.67. The van der Waals surface area contributed by atoms with Gasteiger partial charge in [-0.2, -0.15) is 13.2 Å². The maximum Gasteiger partial charge on any atom is 0.418 e. The van der Waals surface area contributed by atoms with Crippen LogP contribution in [0, 0.1) is 5.92 Å². The molecule has 2 saturated heterocycles. The number of hydrazine groups is 1. The number of hydrogen-bond donors (Lipinski definition) is 1. The number of likely N-dealkylation sites (tertiary alicyclic amines) is 1. The van der Waals surface area contributed by atoms with E-state index >= 15 is 0 Å². The van der Waals surface area contributed by atoms with Gasteiger partial charge in [0.1, 0.15) is 0 Å². The molecule has 4 aliphatic rings. The van der Waals surface area contributed by atoms with Crippen molar-refractivity contribution in [2.24, 2.45) is 5.92 Å². The normalized spacial score (nSPS) is 25.6. The molecule has 7 nitrogen and oxygen atoms in total. The van der Waals surface area contributed by atoms with Crippen LogP contribution in [-0.2, 0) is 12.7 Å². The second kappa shape index (κ2) is 13.7. The lowest BCUT2D eigenvalue weighted by atomic mass is 9.71. The fourth-order valence-corrected chi connectivity index (χ4v) is 8.84. The van der Waals surface area contributed by atoms with Crippen molar-refractivity contribution in [3.8, 4) is 5.69 Å². The molecule has 2 aliphatic heterocycles. The van der Waals surface area contributed by atoms with Crippen molar-refractivity contribution >= 4 is 5.52 Å². The Morgan fingerprint density at radius 3 is 2.36 bits per heavy atom. The minimum absolute atomic E-state index is 0.103. The van der Waals surface area contributed by atoms with Crippen LogP contribution in [-0.4, -0.2) is 62.3 Å². The first-order chi connectivity index (χ1) is 22.7. The molecule has 0 spiro atoms. The molecule has 0 radical (unpaired) electrons. The minimum atomic E-state index is -4.58. The average Bonchev–Trinajstić information content (AvgIpc) is 3.54. The molecule has 2 aromatic heterocycles. The zero-order valence-electron chi connectivity index (χ0n) is 28.0. The van der Waals surface area contributed by atoms with Gasteiger partial charge in [-0.3, -0.25) is 18.8 Å². The van der Waals surface area contributed by atoms with E-state index < -0.39 is 17.4 Å². The molecule has 7 rings (SSSR count). The smallest absolute Gasteiger partial charge is 0.296 e. The standard InChI is InChI=1S/C37H51F3N6O/c1-26-12-8-9-19-43(26)22-27-20-32(37(38,39)40)33-24-44(36(47)45(33)23-27)31-18-11-15-29(21-31)34(28-13-10-14-28)35-42(2)25-41-46(35)30-16-6-4-3-5-7-17-30/h11,15,18,20-21,23-24,26,28,30,34-35,41H,3-10,12-14,16-17,19,22,25H2,1-2H3/t26-,34-,35?/m1/s1. The number of likely N-dealkylation sites (N-methyl/N-ethyl adjacent to an activating group) is 1. The molecule has 10 heteroatoms. The van der Waals surface area contributed by atoms with Crippen LogP contribution in [0.4, 0.5) is 13.2 Å². The van der Waals surface area contributed by atoms with Crippen LogP contribution in [0.2, 0.25) is 0 Å². The number of pyridine rings is 1. The topological polar surface area (TPSA) is 48.2 Å². The van der Waals surface area contributed by atoms with Crippen LogP contribution >= 0.6 is 0 Å². The summed E-state index contributed by atoms with van der Waals surface area (Å²) >= 11 is 0. The van der Waals surface area contributed by atoms with Crippen molar-refractivity contribution in [3.63, 3.8) is 0 Å². The van der Waals surface area contributed by atoms with E-state index in [-0.39, 0.29) is 17.6 Å². The molecule has 2 aliphatic carbocycles. The van der Waals surface area contributed by atoms with Crippen LogP contribution in [0.15, 0.2) is 47.5 Å². The van der Waals surface area contributed by atoms with Gasteiger partial charge in [0.05, 0.1) is 29.6 Å². The van der Waals surface area contributed by atoms with Crippen LogP contribution in [0.3, 0.4) is 0 Å². The Morgan fingerprint density at radius 1 is 0.915 bits per heavy atom. The van der Waals surface area contributed by atoms with Gasteiger partial charge >= 0.3 is 11.9 Å². The summed E-state index contributed by atoms with van der Waals surface area (Å²) in [6, 6.07) is 10.1. The molecule has 256 valence electrons. The SMILES string of the molecule is C[C@@H]1CCCCN1Cc1cc(C(F)(F)F)c2cn(-c3cccc([C@@H](C4CCC4)C4N(C)CNN4C4CCCCCCC4)c3)c(=O)n2c1. The third-order valence-electron chi connectivity index (χ3n) is 11.7. The van der Waals surface area contributed by atoms with Gasteiger partial charge in [0.2, 0.25) is 0 Å². The van der Waals surface area contributed by atoms with Gasteiger partial charge in [-0.05, 0) is 94.3 Å². The van der Waals surface area contributed by atoms with Crippen LogP contribution in [0.25, 0.3) is 11.2 Å². The van der Waals surface area contributed by atoms with Crippen LogP contribution < -0.4 is 11.1 Å². The first kappa shape index (κ1) is 32.9. The van der Waals surface area contributed by atoms with E-state index in [0.717, 1.165) is 38.0 Å². The van der Waals surface area contributed by atoms with Crippen LogP contribution in [0.1, 0.15) is 113 Å². The number of nitrogens with one attached hydrogen (secondary N) is 1. The Balaban J connectivity index is 1.25. The largest absolute Gasteiger partial charge is 0.418 e. The lowest BCUT2D eigenvalue weighted by Crippen LogP contribution is -2.52. The maximum absolute atomic E-state index is 14.5. The number of halogens is 3. The van der Waals surface area contributed by atoms with E-state index in [9.17, 15) is 18.0 Å². The second-order valence-electron chi connectivity index (χ2n) is 14.8. The molecule has 47 heavy (non-hydrogen) atoms. The molecular weight excluding hydrogens is 601 g/mol. The molecule has 3 atom stereocenters. The van der Waals surface area contributed by atoms with E-state index in [1.165, 1.54) is 85.4 Å². The highest BCUT2D eigenvalue weighted by Gasteiger charge is 2.44. The number of aromatic nitrogens is 2. The predicted octanol–water partition coefficient (Wildman–Crippen LogP) is 7.52. The third-order valence-corrected chi connectivity index (χ3v) is 11.7. The summed E-state index contributed by atoms with van der Waals surface area (Å²) < 4.78 is 46.1. The highest BCUT2D eigenvalue weighted by Crippen LogP contribution is 2.45. The summed E-state index contributed by atoms with van der Waals surface area (Å²) in [5, 5.41) is 2.54. The van der Waals surface area contributed by atoms with Crippen molar-refractivity contribution in [2.45, 2.75) is 127 Å². The zero-order chi connectivity index (χ0) is 32.7. The predicted molar refractivity (Wildman–Crippen MR) is 179 cm³/mol. The Kier molecular flexibility index (Phi) is 9.57. The quantitative estimate of drug-likeness (QED) is 0.286. The lowest BCUT2D eigenvalue weighted by molar-refractivity contribution is -0.136. The Hall–Kier alpha value is -2.66. The van der Waals surface area contributed by atoms with Gasteiger partial charge in [-0.25, -0.2) is 15.2 Å². The van der Waals surface area contributed by atoms with Gasteiger partial charge in [-0.15, -0.1) is 0 Å². The molecule has 0 amide bonds. The Labute approximate surface area is 276 Å². The Bertz CT molecular complexity index is 1590. The zero-order valence-corrected chi connectivity index (χ0v) is 28.0. The molecule has 1 N–H and O–H groups in total. The highest BCUT2D eigenvalue weighted by atomic mass is 19.4. The number of nitrogens with zero attached hydrogens (tertiary/aromatic N) is 5. The van der Waals surface area contributed by atoms with Crippen LogP contribution in [0.5, 0.6) is 0 Å². The molecular formula is C37H51F3N6O. The van der Waals surface area contributed by atoms with Gasteiger partial charge in [0.25, 0.3) is 0 Å². The van der Waals surface area contributed by atoms with Crippen molar-refractivity contribution in [1.29, 1.82) is 0 Å². The number of hydrogen-bond acceptors (Lipinski definition) is 5. The molecule has 2 saturated carbocycles. The lowest BCUT2D eigenvalue weighted by Gasteiger charge is -2.45. The number of benzene rings is 1.